The van der Waals surface area contributed by atoms with Crippen molar-refractivity contribution < 1.29 is 23.0 Å². The number of hydrogen-bond acceptors (Lipinski definition) is 6. The van der Waals surface area contributed by atoms with Crippen molar-refractivity contribution in [1.29, 1.82) is 0 Å². The molecule has 3 aromatic carbocycles. The lowest BCUT2D eigenvalue weighted by Crippen LogP contribution is -2.46. The van der Waals surface area contributed by atoms with Crippen LogP contribution in [-0.4, -0.2) is 30.3 Å². The van der Waals surface area contributed by atoms with Crippen LogP contribution in [0, 0.1) is 11.8 Å². The second kappa shape index (κ2) is 20.3. The Labute approximate surface area is 290 Å². The number of para-hydroxylation sites is 1. The van der Waals surface area contributed by atoms with E-state index < -0.39 is 17.9 Å². The minimum atomic E-state index is -3.56. The maximum atomic E-state index is 16.1. The third kappa shape index (κ3) is 11.7. The fourth-order valence-corrected chi connectivity index (χ4v) is 6.40. The molecule has 3 unspecified atom stereocenters. The summed E-state index contributed by atoms with van der Waals surface area (Å²) in [4.78, 5) is 18.3. The number of nitrogens with two attached hydrogens (primary N) is 1. The summed E-state index contributed by atoms with van der Waals surface area (Å²) < 4.78 is 46.7. The Morgan fingerprint density at radius 1 is 0.896 bits per heavy atom. The van der Waals surface area contributed by atoms with Gasteiger partial charge in [0.25, 0.3) is 11.8 Å². The van der Waals surface area contributed by atoms with E-state index in [4.69, 9.17) is 15.2 Å². The number of carbonyl (C=O) groups is 1. The van der Waals surface area contributed by atoms with Crippen LogP contribution >= 0.6 is 11.9 Å². The van der Waals surface area contributed by atoms with Crippen molar-refractivity contribution in [3.05, 3.63) is 84.4 Å². The number of rotatable bonds is 11. The van der Waals surface area contributed by atoms with Crippen LogP contribution in [0.2, 0.25) is 0 Å². The van der Waals surface area contributed by atoms with Crippen LogP contribution in [0.25, 0.3) is 0 Å². The lowest BCUT2D eigenvalue weighted by Gasteiger charge is -2.28. The largest absolute Gasteiger partial charge is 0.493 e. The SMILES string of the molecule is CC.CC.CC1CCC(=NC(=O)C(NSc2ccc(OCC3CCCCC3)cc2)C(F)(F)c2ccc(Oc3ccccc3)cc2)CC1N. The normalized spacial score (nSPS) is 19.6. The average molecular weight is 682 g/mol. The van der Waals surface area contributed by atoms with Crippen molar-refractivity contribution in [2.45, 2.75) is 109 Å². The van der Waals surface area contributed by atoms with Crippen molar-refractivity contribution in [3.63, 3.8) is 0 Å². The lowest BCUT2D eigenvalue weighted by atomic mass is 9.85. The molecule has 6 nitrogen and oxygen atoms in total. The summed E-state index contributed by atoms with van der Waals surface area (Å²) in [5.41, 5.74) is 6.45. The molecule has 3 atom stereocenters. The zero-order valence-electron chi connectivity index (χ0n) is 29.1. The number of benzene rings is 3. The minimum Gasteiger partial charge on any atom is -0.493 e. The molecule has 0 heterocycles. The zero-order valence-corrected chi connectivity index (χ0v) is 29.9. The summed E-state index contributed by atoms with van der Waals surface area (Å²) in [6.07, 6.45) is 7.95. The minimum absolute atomic E-state index is 0.146. The molecule has 2 saturated carbocycles. The number of nitrogens with one attached hydrogen (secondary N) is 1. The summed E-state index contributed by atoms with van der Waals surface area (Å²) in [6.45, 7) is 10.7. The third-order valence-corrected chi connectivity index (χ3v) is 9.38. The van der Waals surface area contributed by atoms with Crippen LogP contribution in [-0.2, 0) is 10.7 Å². The fourth-order valence-electron chi connectivity index (χ4n) is 5.62. The van der Waals surface area contributed by atoms with Gasteiger partial charge in [0, 0.05) is 28.6 Å². The van der Waals surface area contributed by atoms with Gasteiger partial charge in [0.1, 0.15) is 17.2 Å². The molecule has 0 spiro atoms. The molecule has 0 aliphatic heterocycles. The quantitative estimate of drug-likeness (QED) is 0.196. The number of hydrogen-bond donors (Lipinski definition) is 2. The Hall–Kier alpha value is -3.27. The number of amides is 1. The highest BCUT2D eigenvalue weighted by molar-refractivity contribution is 7.97. The molecule has 3 N–H and O–H groups in total. The molecule has 5 rings (SSSR count). The first kappa shape index (κ1) is 39.2. The van der Waals surface area contributed by atoms with Crippen LogP contribution in [0.1, 0.15) is 91.5 Å². The van der Waals surface area contributed by atoms with Gasteiger partial charge < -0.3 is 15.2 Å². The Morgan fingerprint density at radius 2 is 1.50 bits per heavy atom. The summed E-state index contributed by atoms with van der Waals surface area (Å²) in [6, 6.07) is 19.8. The van der Waals surface area contributed by atoms with Crippen LogP contribution in [0.3, 0.4) is 0 Å². The van der Waals surface area contributed by atoms with E-state index in [1.54, 1.807) is 24.3 Å². The number of alkyl halides is 2. The summed E-state index contributed by atoms with van der Waals surface area (Å²) in [5, 5.41) is 0. The van der Waals surface area contributed by atoms with E-state index >= 15 is 8.78 Å². The second-order valence-electron chi connectivity index (χ2n) is 11.9. The average Bonchev–Trinajstić information content (AvgIpc) is 3.12. The Kier molecular flexibility index (Phi) is 16.6. The summed E-state index contributed by atoms with van der Waals surface area (Å²) >= 11 is 0.976. The van der Waals surface area contributed by atoms with E-state index in [1.165, 1.54) is 56.4 Å². The summed E-state index contributed by atoms with van der Waals surface area (Å²) in [5.74, 6) is -1.86. The molecule has 2 aliphatic carbocycles. The third-order valence-electron chi connectivity index (χ3n) is 8.52. The smallest absolute Gasteiger partial charge is 0.298 e. The predicted octanol–water partition coefficient (Wildman–Crippen LogP) is 10.4. The van der Waals surface area contributed by atoms with E-state index in [0.29, 0.717) is 53.4 Å². The fraction of sp³-hybridized carbons (Fsp3) is 0.487. The molecule has 1 amide bonds. The number of halogens is 2. The second-order valence-corrected chi connectivity index (χ2v) is 12.8. The molecule has 2 aliphatic rings. The van der Waals surface area contributed by atoms with Crippen LogP contribution in [0.5, 0.6) is 17.2 Å². The van der Waals surface area contributed by atoms with Gasteiger partial charge in [0.15, 0.2) is 6.04 Å². The van der Waals surface area contributed by atoms with Crippen LogP contribution < -0.4 is 19.9 Å². The molecule has 262 valence electrons. The van der Waals surface area contributed by atoms with Crippen molar-refractivity contribution >= 4 is 23.6 Å². The van der Waals surface area contributed by atoms with Gasteiger partial charge in [0.05, 0.1) is 6.61 Å². The number of ether oxygens (including phenoxy) is 2. The molecule has 48 heavy (non-hydrogen) atoms. The molecule has 2 fully saturated rings. The van der Waals surface area contributed by atoms with Gasteiger partial charge in [-0.15, -0.1) is 0 Å². The first-order valence-electron chi connectivity index (χ1n) is 17.5. The van der Waals surface area contributed by atoms with E-state index in [1.807, 2.05) is 58.0 Å². The zero-order chi connectivity index (χ0) is 34.9. The molecule has 3 aromatic rings. The van der Waals surface area contributed by atoms with E-state index in [-0.39, 0.29) is 11.6 Å². The molecule has 0 radical (unpaired) electrons. The van der Waals surface area contributed by atoms with Gasteiger partial charge in [0.2, 0.25) is 0 Å². The maximum Gasteiger partial charge on any atom is 0.298 e. The standard InChI is InChI=1S/C35H41F2N3O3S.2C2H6/c1-24-12-15-27(22-32(24)38)39-34(41)33(35(36,37)26-13-16-30(17-14-26)43-29-10-6-3-7-11-29)40-44-31-20-18-28(19-21-31)42-23-25-8-4-2-5-9-25;2*1-2/h3,6-7,10-11,13-14,16-21,24-25,32-33,40H,2,4-5,8-9,12,15,22-23,38H2,1H3;2*1-2H3. The van der Waals surface area contributed by atoms with Crippen molar-refractivity contribution in [3.8, 4) is 17.2 Å². The summed E-state index contributed by atoms with van der Waals surface area (Å²) in [7, 11) is 0. The van der Waals surface area contributed by atoms with E-state index in [0.717, 1.165) is 24.1 Å². The molecular formula is C39H53F2N3O3S. The Bertz CT molecular complexity index is 1380. The number of carbonyl (C=O) groups excluding carboxylic acids is 1. The Balaban J connectivity index is 0.00000151. The van der Waals surface area contributed by atoms with Gasteiger partial charge in [-0.1, -0.05) is 72.1 Å². The van der Waals surface area contributed by atoms with E-state index in [2.05, 4.69) is 16.6 Å². The van der Waals surface area contributed by atoms with Gasteiger partial charge in [-0.25, -0.2) is 9.71 Å². The molecule has 0 saturated heterocycles. The monoisotopic (exact) mass is 681 g/mol. The highest BCUT2D eigenvalue weighted by atomic mass is 32.2. The van der Waals surface area contributed by atoms with Gasteiger partial charge in [-0.3, -0.25) is 4.79 Å². The number of nitrogens with zero attached hydrogens (tertiary/aromatic N) is 1. The topological polar surface area (TPSA) is 85.9 Å². The van der Waals surface area contributed by atoms with Crippen LogP contribution in [0.15, 0.2) is 88.8 Å². The molecule has 9 heteroatoms. The molecule has 0 aromatic heterocycles. The highest BCUT2D eigenvalue weighted by Gasteiger charge is 2.46. The van der Waals surface area contributed by atoms with Gasteiger partial charge >= 0.3 is 0 Å². The molecule has 0 bridgehead atoms. The predicted molar refractivity (Wildman–Crippen MR) is 194 cm³/mol. The van der Waals surface area contributed by atoms with Crippen molar-refractivity contribution in [2.24, 2.45) is 22.6 Å². The molecular weight excluding hydrogens is 629 g/mol. The number of aliphatic imine (C=N–C) groups is 1. The lowest BCUT2D eigenvalue weighted by molar-refractivity contribution is -0.130. The highest BCUT2D eigenvalue weighted by Crippen LogP contribution is 2.36. The van der Waals surface area contributed by atoms with Crippen molar-refractivity contribution in [1.82, 2.24) is 4.72 Å². The van der Waals surface area contributed by atoms with Crippen LogP contribution in [0.4, 0.5) is 8.78 Å². The first-order valence-corrected chi connectivity index (χ1v) is 18.3. The maximum absolute atomic E-state index is 16.1. The van der Waals surface area contributed by atoms with E-state index in [9.17, 15) is 4.79 Å². The van der Waals surface area contributed by atoms with Crippen molar-refractivity contribution in [2.75, 3.05) is 6.61 Å². The first-order chi connectivity index (χ1) is 23.3. The van der Waals surface area contributed by atoms with Gasteiger partial charge in [-0.05, 0) is 110 Å². The Morgan fingerprint density at radius 3 is 2.12 bits per heavy atom. The van der Waals surface area contributed by atoms with Gasteiger partial charge in [-0.2, -0.15) is 8.78 Å².